The lowest BCUT2D eigenvalue weighted by Crippen LogP contribution is -2.44. The second-order valence-electron chi connectivity index (χ2n) is 8.21. The molecule has 2 saturated carbocycles. The summed E-state index contributed by atoms with van der Waals surface area (Å²) in [7, 11) is -3.49. The molecule has 2 aliphatic rings. The summed E-state index contributed by atoms with van der Waals surface area (Å²) in [5.41, 5.74) is 0.864. The first-order chi connectivity index (χ1) is 13.7. The van der Waals surface area contributed by atoms with Crippen molar-refractivity contribution in [3.63, 3.8) is 0 Å². The van der Waals surface area contributed by atoms with E-state index in [2.05, 4.69) is 10.3 Å². The van der Waals surface area contributed by atoms with Gasteiger partial charge in [0, 0.05) is 22.2 Å². The molecule has 2 aromatic heterocycles. The number of oxazole rings is 1. The molecular formula is C20H19ClN2O5S. The molecule has 0 saturated heterocycles. The largest absolute Gasteiger partial charge is 0.440 e. The zero-order valence-electron chi connectivity index (χ0n) is 15.7. The van der Waals surface area contributed by atoms with Crippen molar-refractivity contribution in [1.82, 2.24) is 10.3 Å². The van der Waals surface area contributed by atoms with E-state index in [1.165, 1.54) is 12.1 Å². The van der Waals surface area contributed by atoms with Gasteiger partial charge < -0.3 is 14.2 Å². The van der Waals surface area contributed by atoms with Crippen molar-refractivity contribution < 1.29 is 22.0 Å². The summed E-state index contributed by atoms with van der Waals surface area (Å²) in [4.78, 5) is 17.4. The predicted octanol–water partition coefficient (Wildman–Crippen LogP) is 3.86. The van der Waals surface area contributed by atoms with Crippen molar-refractivity contribution in [2.24, 2.45) is 0 Å². The Morgan fingerprint density at radius 3 is 2.59 bits per heavy atom. The number of fused-ring (bicyclic) bond motifs is 3. The second-order valence-corrected chi connectivity index (χ2v) is 10.6. The van der Waals surface area contributed by atoms with Crippen LogP contribution >= 0.6 is 11.6 Å². The predicted molar refractivity (Wildman–Crippen MR) is 106 cm³/mol. The number of rotatable bonds is 4. The van der Waals surface area contributed by atoms with Crippen molar-refractivity contribution >= 4 is 38.4 Å². The van der Waals surface area contributed by atoms with E-state index < -0.39 is 15.7 Å². The van der Waals surface area contributed by atoms with Crippen LogP contribution < -0.4 is 5.32 Å². The smallest absolute Gasteiger partial charge is 0.287 e. The first-order valence-electron chi connectivity index (χ1n) is 9.37. The zero-order valence-corrected chi connectivity index (χ0v) is 17.3. The van der Waals surface area contributed by atoms with Crippen LogP contribution in [-0.2, 0) is 15.3 Å². The Hall–Kier alpha value is -2.32. The van der Waals surface area contributed by atoms with Gasteiger partial charge in [-0.1, -0.05) is 11.6 Å². The van der Waals surface area contributed by atoms with E-state index in [0.717, 1.165) is 43.9 Å². The zero-order chi connectivity index (χ0) is 20.4. The summed E-state index contributed by atoms with van der Waals surface area (Å²) in [5, 5.41) is 3.49. The molecule has 5 rings (SSSR count). The molecule has 3 aromatic rings. The topological polar surface area (TPSA) is 102 Å². The monoisotopic (exact) mass is 434 g/mol. The first-order valence-corrected chi connectivity index (χ1v) is 11.6. The summed E-state index contributed by atoms with van der Waals surface area (Å²) in [6.07, 6.45) is 5.10. The van der Waals surface area contributed by atoms with Gasteiger partial charge in [-0.2, -0.15) is 0 Å². The molecule has 1 amide bonds. The Kier molecular flexibility index (Phi) is 3.93. The normalized spacial score (nSPS) is 26.3. The molecule has 2 bridgehead atoms. The molecule has 1 N–H and O–H groups in total. The Morgan fingerprint density at radius 2 is 1.90 bits per heavy atom. The Bertz CT molecular complexity index is 1230. The van der Waals surface area contributed by atoms with Crippen molar-refractivity contribution in [2.75, 3.05) is 6.26 Å². The van der Waals surface area contributed by atoms with Gasteiger partial charge in [0.15, 0.2) is 11.3 Å². The van der Waals surface area contributed by atoms with Crippen LogP contribution in [0.2, 0.25) is 5.02 Å². The van der Waals surface area contributed by atoms with Crippen molar-refractivity contribution in [3.8, 4) is 0 Å². The average Bonchev–Trinajstić information content (AvgIpc) is 3.41. The van der Waals surface area contributed by atoms with Crippen LogP contribution in [0.25, 0.3) is 11.1 Å². The number of halogens is 1. The first kappa shape index (κ1) is 18.7. The number of furan rings is 1. The molecular weight excluding hydrogens is 416 g/mol. The molecule has 152 valence electrons. The Labute approximate surface area is 172 Å². The third kappa shape index (κ3) is 3.05. The van der Waals surface area contributed by atoms with Gasteiger partial charge >= 0.3 is 0 Å². The van der Waals surface area contributed by atoms with E-state index in [-0.39, 0.29) is 21.8 Å². The lowest BCUT2D eigenvalue weighted by molar-refractivity contribution is 0.0867. The number of amides is 1. The van der Waals surface area contributed by atoms with Crippen LogP contribution in [0.4, 0.5) is 0 Å². The molecule has 0 unspecified atom stereocenters. The van der Waals surface area contributed by atoms with E-state index in [1.807, 2.05) is 6.07 Å². The number of hydrogen-bond acceptors (Lipinski definition) is 6. The van der Waals surface area contributed by atoms with Gasteiger partial charge in [0.25, 0.3) is 5.91 Å². The summed E-state index contributed by atoms with van der Waals surface area (Å²) in [6, 6.07) is 8.08. The molecule has 0 radical (unpaired) electrons. The highest BCUT2D eigenvalue weighted by atomic mass is 35.5. The van der Waals surface area contributed by atoms with Crippen LogP contribution in [0.3, 0.4) is 0 Å². The third-order valence-electron chi connectivity index (χ3n) is 6.19. The number of benzene rings is 1. The quantitative estimate of drug-likeness (QED) is 0.668. The highest BCUT2D eigenvalue weighted by Crippen LogP contribution is 2.57. The second kappa shape index (κ2) is 6.09. The number of carbonyl (C=O) groups is 1. The van der Waals surface area contributed by atoms with Crippen LogP contribution in [0.15, 0.2) is 44.3 Å². The molecule has 0 atom stereocenters. The summed E-state index contributed by atoms with van der Waals surface area (Å²) in [5.74, 6) is 0.295. The van der Waals surface area contributed by atoms with Gasteiger partial charge in [0.05, 0.1) is 0 Å². The molecule has 2 heterocycles. The van der Waals surface area contributed by atoms with Gasteiger partial charge in [-0.3, -0.25) is 4.79 Å². The molecule has 1 aromatic carbocycles. The minimum atomic E-state index is -3.49. The summed E-state index contributed by atoms with van der Waals surface area (Å²) < 4.78 is 34.4. The van der Waals surface area contributed by atoms with Gasteiger partial charge in [0.1, 0.15) is 5.52 Å². The lowest BCUT2D eigenvalue weighted by Gasteiger charge is -2.27. The Balaban J connectivity index is 1.38. The van der Waals surface area contributed by atoms with Crippen molar-refractivity contribution in [3.05, 3.63) is 47.0 Å². The minimum Gasteiger partial charge on any atom is -0.440 e. The van der Waals surface area contributed by atoms with Crippen molar-refractivity contribution in [1.29, 1.82) is 0 Å². The number of carbonyl (C=O) groups excluding carboxylic acids is 1. The highest BCUT2D eigenvalue weighted by Gasteiger charge is 2.58. The van der Waals surface area contributed by atoms with Crippen LogP contribution in [-0.4, -0.2) is 31.1 Å². The van der Waals surface area contributed by atoms with Gasteiger partial charge in [0.2, 0.25) is 20.8 Å². The molecule has 9 heteroatoms. The SMILES string of the molecule is CS(=O)(=O)c1ccc(C(=O)NC23CCC(c4nc5cc(Cl)ccc5o4)(CC2)C3)o1. The number of sulfone groups is 1. The number of aromatic nitrogens is 1. The summed E-state index contributed by atoms with van der Waals surface area (Å²) >= 11 is 6.06. The van der Waals surface area contributed by atoms with E-state index >= 15 is 0 Å². The molecule has 0 spiro atoms. The van der Waals surface area contributed by atoms with Crippen LogP contribution in [0.5, 0.6) is 0 Å². The maximum atomic E-state index is 12.7. The van der Waals surface area contributed by atoms with Gasteiger partial charge in [-0.15, -0.1) is 0 Å². The van der Waals surface area contributed by atoms with E-state index in [0.29, 0.717) is 16.5 Å². The van der Waals surface area contributed by atoms with E-state index in [4.69, 9.17) is 20.4 Å². The fourth-order valence-electron chi connectivity index (χ4n) is 4.74. The number of nitrogens with zero attached hydrogens (tertiary/aromatic N) is 1. The molecule has 2 aliphatic carbocycles. The van der Waals surface area contributed by atoms with E-state index in [9.17, 15) is 13.2 Å². The maximum absolute atomic E-state index is 12.7. The van der Waals surface area contributed by atoms with E-state index in [1.54, 1.807) is 12.1 Å². The molecule has 7 nitrogen and oxygen atoms in total. The summed E-state index contributed by atoms with van der Waals surface area (Å²) in [6.45, 7) is 0. The third-order valence-corrected chi connectivity index (χ3v) is 7.38. The van der Waals surface area contributed by atoms with Crippen LogP contribution in [0, 0.1) is 0 Å². The van der Waals surface area contributed by atoms with Crippen molar-refractivity contribution in [2.45, 2.75) is 48.2 Å². The highest BCUT2D eigenvalue weighted by molar-refractivity contribution is 7.90. The van der Waals surface area contributed by atoms with Gasteiger partial charge in [-0.05, 0) is 62.4 Å². The maximum Gasteiger partial charge on any atom is 0.287 e. The number of hydrogen-bond donors (Lipinski definition) is 1. The molecule has 2 fully saturated rings. The minimum absolute atomic E-state index is 0.000652. The molecule has 0 aliphatic heterocycles. The van der Waals surface area contributed by atoms with Crippen LogP contribution in [0.1, 0.15) is 48.5 Å². The average molecular weight is 435 g/mol. The fourth-order valence-corrected chi connectivity index (χ4v) is 5.46. The standard InChI is InChI=1S/C20H19ClN2O5S/c1-29(25,26)16-5-4-15(27-16)17(24)23-20-8-6-19(11-20,7-9-20)18-22-13-10-12(21)2-3-14(13)28-18/h2-5,10H,6-9,11H2,1H3,(H,23,24). The Morgan fingerprint density at radius 1 is 1.14 bits per heavy atom. The molecule has 29 heavy (non-hydrogen) atoms. The number of nitrogens with one attached hydrogen (secondary N) is 1. The lowest BCUT2D eigenvalue weighted by atomic mass is 9.84. The van der Waals surface area contributed by atoms with Gasteiger partial charge in [-0.25, -0.2) is 13.4 Å². The fraction of sp³-hybridized carbons (Fsp3) is 0.400.